The summed E-state index contributed by atoms with van der Waals surface area (Å²) in [6.45, 7) is 0.0879. The molecule has 0 spiro atoms. The highest BCUT2D eigenvalue weighted by atomic mass is 32.2. The molecule has 3 aliphatic rings. The van der Waals surface area contributed by atoms with Crippen molar-refractivity contribution >= 4 is 52.2 Å². The average Bonchev–Trinajstić information content (AvgIpc) is 3.75. The van der Waals surface area contributed by atoms with E-state index in [1.807, 2.05) is 23.1 Å². The van der Waals surface area contributed by atoms with Crippen molar-refractivity contribution in [1.29, 1.82) is 0 Å². The molecule has 2 heterocycles. The minimum Gasteiger partial charge on any atom is -0.497 e. The lowest BCUT2D eigenvalue weighted by molar-refractivity contribution is -0.146. The molecular weight excluding hydrogens is 578 g/mol. The van der Waals surface area contributed by atoms with Crippen LogP contribution >= 0.6 is 24.0 Å². The number of primary amides is 1. The Kier molecular flexibility index (Phi) is 9.24. The van der Waals surface area contributed by atoms with Gasteiger partial charge in [-0.15, -0.1) is 0 Å². The predicted molar refractivity (Wildman–Crippen MR) is 163 cm³/mol. The van der Waals surface area contributed by atoms with Crippen LogP contribution in [-0.2, 0) is 25.5 Å². The highest BCUT2D eigenvalue weighted by Crippen LogP contribution is 2.49. The van der Waals surface area contributed by atoms with Crippen LogP contribution in [0.25, 0.3) is 17.4 Å². The van der Waals surface area contributed by atoms with Crippen molar-refractivity contribution in [2.45, 2.75) is 57.0 Å². The lowest BCUT2D eigenvalue weighted by atomic mass is 9.94. The van der Waals surface area contributed by atoms with Gasteiger partial charge in [0.1, 0.15) is 33.4 Å². The van der Waals surface area contributed by atoms with E-state index in [0.717, 1.165) is 24.0 Å². The van der Waals surface area contributed by atoms with Gasteiger partial charge in [0.25, 0.3) is 5.91 Å². The molecule has 1 aliphatic heterocycles. The van der Waals surface area contributed by atoms with Crippen LogP contribution in [0, 0.1) is 11.8 Å². The number of thioether (sulfide) groups is 1. The Morgan fingerprint density at radius 2 is 1.90 bits per heavy atom. The Balaban J connectivity index is 1.38. The largest absolute Gasteiger partial charge is 0.497 e. The number of nitrogens with zero attached hydrogens (tertiary/aromatic N) is 1. The SMILES string of the molecule is COc1cc(OC)cc(-c2cc(CCCOC(=O)[C@@H](N)CC(N)=O)c(C=C3SC(=S)N(C4CC5CCC4C5)C3=O)o2)c1. The first-order valence-electron chi connectivity index (χ1n) is 14.0. The van der Waals surface area contributed by atoms with Crippen molar-refractivity contribution in [3.63, 3.8) is 0 Å². The van der Waals surface area contributed by atoms with Crippen LogP contribution in [-0.4, -0.2) is 59.9 Å². The molecule has 1 aromatic carbocycles. The van der Waals surface area contributed by atoms with Gasteiger partial charge < -0.3 is 30.1 Å². The number of aryl methyl sites for hydroxylation is 1. The van der Waals surface area contributed by atoms with Gasteiger partial charge in [0.15, 0.2) is 0 Å². The number of carbonyl (C=O) groups excluding carboxylic acids is 3. The van der Waals surface area contributed by atoms with E-state index in [1.54, 1.807) is 26.4 Å². The molecule has 3 fully saturated rings. The standard InChI is InChI=1S/C30H35N3O7S2/c1-37-20-10-19(11-21(13-20)38-2)24-12-18(4-3-7-39-29(36)22(31)14-27(32)34)25(40-24)15-26-28(35)33(30(41)42-26)23-9-16-5-6-17(23)8-16/h10-13,15-17,22-23H,3-9,14,31H2,1-2H3,(H2,32,34)/t16?,17?,22-,23?/m0/s1. The van der Waals surface area contributed by atoms with Crippen LogP contribution in [0.3, 0.4) is 0 Å². The normalized spacial score (nSPS) is 23.1. The van der Waals surface area contributed by atoms with Crippen molar-refractivity contribution in [2.24, 2.45) is 23.3 Å². The van der Waals surface area contributed by atoms with Crippen LogP contribution in [0.15, 0.2) is 33.6 Å². The number of hydrogen-bond acceptors (Lipinski definition) is 10. The van der Waals surface area contributed by atoms with Crippen molar-refractivity contribution in [2.75, 3.05) is 20.8 Å². The molecule has 2 bridgehead atoms. The van der Waals surface area contributed by atoms with Crippen molar-refractivity contribution in [1.82, 2.24) is 4.90 Å². The molecule has 2 saturated carbocycles. The molecule has 5 rings (SSSR count). The van der Waals surface area contributed by atoms with Gasteiger partial charge in [-0.3, -0.25) is 19.3 Å². The van der Waals surface area contributed by atoms with Gasteiger partial charge in [-0.05, 0) is 67.7 Å². The Morgan fingerprint density at radius 1 is 1.17 bits per heavy atom. The van der Waals surface area contributed by atoms with Gasteiger partial charge in [-0.1, -0.05) is 30.4 Å². The Morgan fingerprint density at radius 3 is 2.52 bits per heavy atom. The third kappa shape index (κ3) is 6.50. The molecule has 2 aromatic rings. The van der Waals surface area contributed by atoms with Crippen LogP contribution in [0.4, 0.5) is 0 Å². The number of thiocarbonyl (C=S) groups is 1. The molecule has 42 heavy (non-hydrogen) atoms. The van der Waals surface area contributed by atoms with Crippen molar-refractivity contribution < 1.29 is 33.0 Å². The Hall–Kier alpha value is -3.35. The summed E-state index contributed by atoms with van der Waals surface area (Å²) in [5, 5.41) is 0. The first kappa shape index (κ1) is 30.1. The van der Waals surface area contributed by atoms with E-state index < -0.39 is 17.9 Å². The Labute approximate surface area is 254 Å². The number of rotatable bonds is 12. The summed E-state index contributed by atoms with van der Waals surface area (Å²) in [4.78, 5) is 39.1. The number of nitrogens with two attached hydrogens (primary N) is 2. The van der Waals surface area contributed by atoms with Gasteiger partial charge in [0, 0.05) is 23.7 Å². The molecule has 1 saturated heterocycles. The second-order valence-electron chi connectivity index (χ2n) is 10.9. The molecule has 4 N–H and O–H groups in total. The summed E-state index contributed by atoms with van der Waals surface area (Å²) < 4.78 is 23.0. The molecule has 2 aliphatic carbocycles. The molecule has 4 atom stereocenters. The average molecular weight is 614 g/mol. The first-order valence-corrected chi connectivity index (χ1v) is 15.2. The van der Waals surface area contributed by atoms with Crippen LogP contribution < -0.4 is 20.9 Å². The number of esters is 1. The van der Waals surface area contributed by atoms with Crippen LogP contribution in [0.2, 0.25) is 0 Å². The topological polar surface area (TPSA) is 147 Å². The number of ether oxygens (including phenoxy) is 3. The van der Waals surface area contributed by atoms with E-state index in [4.69, 9.17) is 42.3 Å². The van der Waals surface area contributed by atoms with Gasteiger partial charge in [-0.2, -0.15) is 0 Å². The van der Waals surface area contributed by atoms with Crippen molar-refractivity contribution in [3.8, 4) is 22.8 Å². The van der Waals surface area contributed by atoms with E-state index >= 15 is 0 Å². The summed E-state index contributed by atoms with van der Waals surface area (Å²) in [7, 11) is 3.15. The third-order valence-corrected chi connectivity index (χ3v) is 9.48. The van der Waals surface area contributed by atoms with Crippen molar-refractivity contribution in [3.05, 3.63) is 40.5 Å². The molecule has 224 valence electrons. The molecular formula is C30H35N3O7S2. The van der Waals surface area contributed by atoms with Gasteiger partial charge in [0.2, 0.25) is 5.91 Å². The molecule has 2 amide bonds. The first-order chi connectivity index (χ1) is 20.2. The zero-order chi connectivity index (χ0) is 30.0. The molecule has 1 aromatic heterocycles. The number of hydrogen-bond donors (Lipinski definition) is 2. The summed E-state index contributed by atoms with van der Waals surface area (Å²) in [5.41, 5.74) is 12.4. The lowest BCUT2D eigenvalue weighted by Crippen LogP contribution is -2.41. The smallest absolute Gasteiger partial charge is 0.323 e. The van der Waals surface area contributed by atoms with E-state index in [2.05, 4.69) is 0 Å². The minimum absolute atomic E-state index is 0.0770. The lowest BCUT2D eigenvalue weighted by Gasteiger charge is -2.30. The second-order valence-corrected chi connectivity index (χ2v) is 12.6. The maximum Gasteiger partial charge on any atom is 0.323 e. The maximum absolute atomic E-state index is 13.6. The van der Waals surface area contributed by atoms with E-state index in [1.165, 1.54) is 24.6 Å². The predicted octanol–water partition coefficient (Wildman–Crippen LogP) is 4.03. The fourth-order valence-electron chi connectivity index (χ4n) is 6.11. The van der Waals surface area contributed by atoms with E-state index in [9.17, 15) is 14.4 Å². The maximum atomic E-state index is 13.6. The monoisotopic (exact) mass is 613 g/mol. The van der Waals surface area contributed by atoms with Gasteiger partial charge in [-0.25, -0.2) is 0 Å². The molecule has 3 unspecified atom stereocenters. The second kappa shape index (κ2) is 12.9. The fourth-order valence-corrected chi connectivity index (χ4v) is 7.45. The summed E-state index contributed by atoms with van der Waals surface area (Å²) in [6, 6.07) is 6.42. The summed E-state index contributed by atoms with van der Waals surface area (Å²) in [5.74, 6) is 2.08. The Bertz CT molecular complexity index is 1400. The van der Waals surface area contributed by atoms with Crippen LogP contribution in [0.1, 0.15) is 49.8 Å². The van der Waals surface area contributed by atoms with E-state index in [-0.39, 0.29) is 25.0 Å². The highest BCUT2D eigenvalue weighted by Gasteiger charge is 2.48. The number of methoxy groups -OCH3 is 2. The molecule has 10 nitrogen and oxygen atoms in total. The number of furan rings is 1. The third-order valence-electron chi connectivity index (χ3n) is 8.15. The molecule has 0 radical (unpaired) electrons. The molecule has 12 heteroatoms. The summed E-state index contributed by atoms with van der Waals surface area (Å²) >= 11 is 6.98. The number of carbonyl (C=O) groups is 3. The summed E-state index contributed by atoms with van der Waals surface area (Å²) in [6.07, 6.45) is 7.01. The fraction of sp³-hybridized carbons (Fsp3) is 0.467. The minimum atomic E-state index is -1.10. The highest BCUT2D eigenvalue weighted by molar-refractivity contribution is 8.26. The van der Waals surface area contributed by atoms with Gasteiger partial charge in [0.05, 0.1) is 32.2 Å². The number of amides is 2. The van der Waals surface area contributed by atoms with Gasteiger partial charge >= 0.3 is 5.97 Å². The number of fused-ring (bicyclic) bond motifs is 2. The zero-order valence-electron chi connectivity index (χ0n) is 23.6. The van der Waals surface area contributed by atoms with E-state index in [0.29, 0.717) is 56.9 Å². The number of benzene rings is 1. The quantitative estimate of drug-likeness (QED) is 0.156. The zero-order valence-corrected chi connectivity index (χ0v) is 25.3. The van der Waals surface area contributed by atoms with Crippen LogP contribution in [0.5, 0.6) is 11.5 Å².